The molecule has 1 aromatic carbocycles. The van der Waals surface area contributed by atoms with Crippen LogP contribution in [0.25, 0.3) is 11.0 Å². The first kappa shape index (κ1) is 14.6. The second-order valence-electron chi connectivity index (χ2n) is 7.29. The molecule has 0 spiro atoms. The first-order valence-corrected chi connectivity index (χ1v) is 8.63. The molecule has 2 saturated carbocycles. The van der Waals surface area contributed by atoms with Gasteiger partial charge >= 0.3 is 0 Å². The van der Waals surface area contributed by atoms with Crippen LogP contribution in [0.3, 0.4) is 0 Å². The molecule has 0 unspecified atom stereocenters. The number of nitrogens with zero attached hydrogens (tertiary/aromatic N) is 2. The minimum atomic E-state index is 0.138. The third kappa shape index (κ3) is 2.82. The van der Waals surface area contributed by atoms with Crippen LogP contribution in [0.15, 0.2) is 18.2 Å². The minimum Gasteiger partial charge on any atom is -0.326 e. The summed E-state index contributed by atoms with van der Waals surface area (Å²) in [4.78, 5) is 21.4. The van der Waals surface area contributed by atoms with Crippen LogP contribution in [0, 0.1) is 31.6 Å². The zero-order valence-corrected chi connectivity index (χ0v) is 13.8. The molecule has 2 aromatic rings. The number of nitrogens with one attached hydrogen (secondary N) is 1. The summed E-state index contributed by atoms with van der Waals surface area (Å²) in [5.74, 6) is 2.41. The van der Waals surface area contributed by atoms with Crippen LogP contribution in [0.5, 0.6) is 0 Å². The van der Waals surface area contributed by atoms with Gasteiger partial charge in [-0.2, -0.15) is 0 Å². The van der Waals surface area contributed by atoms with Gasteiger partial charge in [-0.1, -0.05) is 6.42 Å². The third-order valence-corrected chi connectivity index (χ3v) is 5.69. The molecule has 4 rings (SSSR count). The van der Waals surface area contributed by atoms with E-state index in [-0.39, 0.29) is 5.91 Å². The highest BCUT2D eigenvalue weighted by atomic mass is 16.1. The molecule has 0 radical (unpaired) electrons. The normalized spacial score (nSPS) is 25.9. The molecular formula is C19H23N3O. The van der Waals surface area contributed by atoms with E-state index in [2.05, 4.69) is 15.3 Å². The van der Waals surface area contributed by atoms with Crippen molar-refractivity contribution in [3.63, 3.8) is 0 Å². The lowest BCUT2D eigenvalue weighted by Crippen LogP contribution is -2.20. The third-order valence-electron chi connectivity index (χ3n) is 5.69. The monoisotopic (exact) mass is 309 g/mol. The number of aryl methyl sites for hydroxylation is 2. The molecule has 2 aliphatic carbocycles. The Morgan fingerprint density at radius 2 is 1.91 bits per heavy atom. The number of aromatic nitrogens is 2. The van der Waals surface area contributed by atoms with Crippen molar-refractivity contribution in [2.45, 2.75) is 46.0 Å². The lowest BCUT2D eigenvalue weighted by atomic mass is 9.86. The topological polar surface area (TPSA) is 54.9 Å². The van der Waals surface area contributed by atoms with Crippen LogP contribution in [0.1, 0.15) is 43.5 Å². The van der Waals surface area contributed by atoms with Gasteiger partial charge in [-0.05, 0) is 69.1 Å². The first-order chi connectivity index (χ1) is 11.1. The Balaban J connectivity index is 1.46. The Morgan fingerprint density at radius 1 is 1.13 bits per heavy atom. The molecule has 4 heteroatoms. The highest BCUT2D eigenvalue weighted by molar-refractivity contribution is 5.93. The highest BCUT2D eigenvalue weighted by Gasteiger charge is 2.40. The van der Waals surface area contributed by atoms with Crippen molar-refractivity contribution in [3.05, 3.63) is 29.6 Å². The quantitative estimate of drug-likeness (QED) is 0.932. The number of benzene rings is 1. The number of amides is 1. The SMILES string of the molecule is Cc1nc2ccc(NC(=O)C[C@@H]3C[C@H]4CC[C@@H]3C4)cc2nc1C. The standard InChI is InChI=1S/C19H23N3O/c1-11-12(2)21-18-10-16(5-6-17(18)20-11)22-19(23)9-15-8-13-3-4-14(15)7-13/h5-6,10,13-15H,3-4,7-9H2,1-2H3,(H,22,23)/t13-,14+,15-/m0/s1. The van der Waals surface area contributed by atoms with Crippen molar-refractivity contribution in [3.8, 4) is 0 Å². The van der Waals surface area contributed by atoms with Gasteiger partial charge in [-0.15, -0.1) is 0 Å². The van der Waals surface area contributed by atoms with Crippen LogP contribution in [0.4, 0.5) is 5.69 Å². The number of anilines is 1. The van der Waals surface area contributed by atoms with E-state index in [0.29, 0.717) is 12.3 Å². The van der Waals surface area contributed by atoms with E-state index in [1.807, 2.05) is 32.0 Å². The van der Waals surface area contributed by atoms with Crippen LogP contribution >= 0.6 is 0 Å². The van der Waals surface area contributed by atoms with E-state index in [9.17, 15) is 4.79 Å². The first-order valence-electron chi connectivity index (χ1n) is 8.63. The van der Waals surface area contributed by atoms with Crippen LogP contribution in [-0.2, 0) is 4.79 Å². The Labute approximate surface area is 136 Å². The van der Waals surface area contributed by atoms with E-state index in [4.69, 9.17) is 0 Å². The second-order valence-corrected chi connectivity index (χ2v) is 7.29. The molecule has 2 fully saturated rings. The van der Waals surface area contributed by atoms with Crippen molar-refractivity contribution in [1.82, 2.24) is 9.97 Å². The van der Waals surface area contributed by atoms with Gasteiger partial charge in [0.05, 0.1) is 22.4 Å². The predicted octanol–water partition coefficient (Wildman–Crippen LogP) is 4.01. The van der Waals surface area contributed by atoms with Gasteiger partial charge in [0.15, 0.2) is 0 Å². The molecule has 1 heterocycles. The zero-order valence-electron chi connectivity index (χ0n) is 13.8. The fraction of sp³-hybridized carbons (Fsp3) is 0.526. The number of fused-ring (bicyclic) bond motifs is 3. The molecule has 23 heavy (non-hydrogen) atoms. The van der Waals surface area contributed by atoms with Gasteiger partial charge in [0, 0.05) is 12.1 Å². The van der Waals surface area contributed by atoms with Gasteiger partial charge in [0.2, 0.25) is 5.91 Å². The number of hydrogen-bond donors (Lipinski definition) is 1. The number of carbonyl (C=O) groups is 1. The Kier molecular flexibility index (Phi) is 3.55. The maximum absolute atomic E-state index is 12.4. The summed E-state index contributed by atoms with van der Waals surface area (Å²) < 4.78 is 0. The maximum atomic E-state index is 12.4. The lowest BCUT2D eigenvalue weighted by molar-refractivity contribution is -0.117. The van der Waals surface area contributed by atoms with Gasteiger partial charge in [-0.25, -0.2) is 9.97 Å². The summed E-state index contributed by atoms with van der Waals surface area (Å²) >= 11 is 0. The van der Waals surface area contributed by atoms with E-state index in [1.165, 1.54) is 25.7 Å². The molecule has 3 atom stereocenters. The molecule has 1 amide bonds. The minimum absolute atomic E-state index is 0.138. The summed E-state index contributed by atoms with van der Waals surface area (Å²) in [5, 5.41) is 3.05. The number of carbonyl (C=O) groups excluding carboxylic acids is 1. The van der Waals surface area contributed by atoms with E-state index >= 15 is 0 Å². The van der Waals surface area contributed by atoms with Crippen molar-refractivity contribution >= 4 is 22.6 Å². The van der Waals surface area contributed by atoms with Gasteiger partial charge < -0.3 is 5.32 Å². The average Bonchev–Trinajstić information content (AvgIpc) is 3.11. The van der Waals surface area contributed by atoms with Gasteiger partial charge in [-0.3, -0.25) is 4.79 Å². The van der Waals surface area contributed by atoms with E-state index in [1.54, 1.807) is 0 Å². The summed E-state index contributed by atoms with van der Waals surface area (Å²) in [6.45, 7) is 3.93. The summed E-state index contributed by atoms with van der Waals surface area (Å²) in [6.07, 6.45) is 5.97. The Morgan fingerprint density at radius 3 is 2.61 bits per heavy atom. The molecule has 2 bridgehead atoms. The molecule has 0 aliphatic heterocycles. The predicted molar refractivity (Wildman–Crippen MR) is 91.2 cm³/mol. The van der Waals surface area contributed by atoms with E-state index in [0.717, 1.165) is 39.9 Å². The molecule has 1 N–H and O–H groups in total. The second kappa shape index (κ2) is 5.59. The van der Waals surface area contributed by atoms with Gasteiger partial charge in [0.25, 0.3) is 0 Å². The molecule has 4 nitrogen and oxygen atoms in total. The van der Waals surface area contributed by atoms with Gasteiger partial charge in [0.1, 0.15) is 0 Å². The number of rotatable bonds is 3. The fourth-order valence-corrected chi connectivity index (χ4v) is 4.39. The maximum Gasteiger partial charge on any atom is 0.224 e. The zero-order chi connectivity index (χ0) is 16.0. The summed E-state index contributed by atoms with van der Waals surface area (Å²) in [6, 6.07) is 5.78. The molecule has 120 valence electrons. The van der Waals surface area contributed by atoms with Crippen molar-refractivity contribution < 1.29 is 4.79 Å². The van der Waals surface area contributed by atoms with Crippen LogP contribution in [-0.4, -0.2) is 15.9 Å². The van der Waals surface area contributed by atoms with Crippen molar-refractivity contribution in [2.24, 2.45) is 17.8 Å². The summed E-state index contributed by atoms with van der Waals surface area (Å²) in [7, 11) is 0. The Hall–Kier alpha value is -1.97. The van der Waals surface area contributed by atoms with Crippen LogP contribution in [0.2, 0.25) is 0 Å². The van der Waals surface area contributed by atoms with Crippen molar-refractivity contribution in [2.75, 3.05) is 5.32 Å². The lowest BCUT2D eigenvalue weighted by Gasteiger charge is -2.20. The largest absolute Gasteiger partial charge is 0.326 e. The molecule has 2 aliphatic rings. The number of hydrogen-bond acceptors (Lipinski definition) is 3. The van der Waals surface area contributed by atoms with Crippen LogP contribution < -0.4 is 5.32 Å². The van der Waals surface area contributed by atoms with E-state index < -0.39 is 0 Å². The Bertz CT molecular complexity index is 771. The molecule has 0 saturated heterocycles. The summed E-state index contributed by atoms with van der Waals surface area (Å²) in [5.41, 5.74) is 4.42. The van der Waals surface area contributed by atoms with Crippen molar-refractivity contribution in [1.29, 1.82) is 0 Å². The molecular weight excluding hydrogens is 286 g/mol. The average molecular weight is 309 g/mol. The molecule has 1 aromatic heterocycles. The smallest absolute Gasteiger partial charge is 0.224 e. The fourth-order valence-electron chi connectivity index (χ4n) is 4.39. The highest BCUT2D eigenvalue weighted by Crippen LogP contribution is 2.49.